The van der Waals surface area contributed by atoms with Crippen molar-refractivity contribution < 1.29 is 18.7 Å². The van der Waals surface area contributed by atoms with E-state index in [1.165, 1.54) is 5.56 Å². The second-order valence-electron chi connectivity index (χ2n) is 7.24. The van der Waals surface area contributed by atoms with Crippen molar-refractivity contribution in [3.63, 3.8) is 0 Å². The Balaban J connectivity index is 1.54. The lowest BCUT2D eigenvalue weighted by atomic mass is 10.1. The first-order valence-electron chi connectivity index (χ1n) is 9.86. The molecule has 1 saturated heterocycles. The summed E-state index contributed by atoms with van der Waals surface area (Å²) in [6.07, 6.45) is 0.961. The van der Waals surface area contributed by atoms with Crippen molar-refractivity contribution in [2.75, 3.05) is 31.6 Å². The molecule has 0 unspecified atom stereocenters. The topological polar surface area (TPSA) is 71.8 Å². The van der Waals surface area contributed by atoms with Crippen LogP contribution < -0.4 is 5.32 Å². The number of anilines is 1. The SMILES string of the molecule is Cc1ccc(CCC(=O)Nc2c(C(=O)N3CCOCC3)oc3ccccc23)cc1. The quantitative estimate of drug-likeness (QED) is 0.717. The number of para-hydroxylation sites is 1. The molecule has 1 N–H and O–H groups in total. The molecule has 0 radical (unpaired) electrons. The third-order valence-electron chi connectivity index (χ3n) is 5.11. The number of carbonyl (C=O) groups excluding carboxylic acids is 2. The average Bonchev–Trinajstić information content (AvgIpc) is 3.12. The maximum Gasteiger partial charge on any atom is 0.291 e. The molecule has 2 amide bonds. The van der Waals surface area contributed by atoms with Gasteiger partial charge in [-0.1, -0.05) is 42.0 Å². The van der Waals surface area contributed by atoms with Gasteiger partial charge in [0.15, 0.2) is 0 Å². The van der Waals surface area contributed by atoms with E-state index < -0.39 is 0 Å². The molecular formula is C23H24N2O4. The monoisotopic (exact) mass is 392 g/mol. The van der Waals surface area contributed by atoms with Crippen molar-refractivity contribution in [2.24, 2.45) is 0 Å². The number of morpholine rings is 1. The van der Waals surface area contributed by atoms with Gasteiger partial charge in [0, 0.05) is 24.9 Å². The Kier molecular flexibility index (Phi) is 5.62. The van der Waals surface area contributed by atoms with Gasteiger partial charge in [-0.3, -0.25) is 9.59 Å². The average molecular weight is 392 g/mol. The normalized spacial score (nSPS) is 14.2. The van der Waals surface area contributed by atoms with Crippen LogP contribution in [0.15, 0.2) is 52.9 Å². The molecule has 1 aliphatic heterocycles. The standard InChI is InChI=1S/C23H24N2O4/c1-16-6-8-17(9-7-16)10-11-20(26)24-21-18-4-2-3-5-19(18)29-22(21)23(27)25-12-14-28-15-13-25/h2-9H,10-15H2,1H3,(H,24,26). The van der Waals surface area contributed by atoms with Gasteiger partial charge in [0.05, 0.1) is 13.2 Å². The maximum atomic E-state index is 13.0. The second kappa shape index (κ2) is 8.49. The molecule has 0 bridgehead atoms. The molecule has 4 rings (SSSR count). The summed E-state index contributed by atoms with van der Waals surface area (Å²) in [6.45, 7) is 4.06. The van der Waals surface area contributed by atoms with E-state index in [2.05, 4.69) is 5.32 Å². The van der Waals surface area contributed by atoms with Crippen molar-refractivity contribution in [1.29, 1.82) is 0 Å². The summed E-state index contributed by atoms with van der Waals surface area (Å²) >= 11 is 0. The summed E-state index contributed by atoms with van der Waals surface area (Å²) in [5.74, 6) is -0.191. The highest BCUT2D eigenvalue weighted by Crippen LogP contribution is 2.32. The molecule has 6 heteroatoms. The number of nitrogens with zero attached hydrogens (tertiary/aromatic N) is 1. The zero-order valence-corrected chi connectivity index (χ0v) is 16.4. The number of carbonyl (C=O) groups is 2. The molecule has 1 aromatic heterocycles. The summed E-state index contributed by atoms with van der Waals surface area (Å²) < 4.78 is 11.2. The third-order valence-corrected chi connectivity index (χ3v) is 5.11. The minimum atomic E-state index is -0.224. The van der Waals surface area contributed by atoms with Crippen LogP contribution in [0.25, 0.3) is 11.0 Å². The number of fused-ring (bicyclic) bond motifs is 1. The number of hydrogen-bond donors (Lipinski definition) is 1. The second-order valence-corrected chi connectivity index (χ2v) is 7.24. The largest absolute Gasteiger partial charge is 0.449 e. The van der Waals surface area contributed by atoms with Crippen LogP contribution in [0, 0.1) is 6.92 Å². The summed E-state index contributed by atoms with van der Waals surface area (Å²) in [6, 6.07) is 15.5. The summed E-state index contributed by atoms with van der Waals surface area (Å²) in [5, 5.41) is 3.65. The van der Waals surface area contributed by atoms with Crippen molar-refractivity contribution in [3.8, 4) is 0 Å². The molecule has 0 spiro atoms. The summed E-state index contributed by atoms with van der Waals surface area (Å²) in [5.41, 5.74) is 3.32. The van der Waals surface area contributed by atoms with Gasteiger partial charge in [0.1, 0.15) is 11.3 Å². The Morgan fingerprint density at radius 1 is 1.03 bits per heavy atom. The van der Waals surface area contributed by atoms with Crippen LogP contribution in [0.5, 0.6) is 0 Å². The third kappa shape index (κ3) is 4.32. The lowest BCUT2D eigenvalue weighted by Gasteiger charge is -2.26. The molecular weight excluding hydrogens is 368 g/mol. The highest BCUT2D eigenvalue weighted by molar-refractivity contribution is 6.10. The van der Waals surface area contributed by atoms with Gasteiger partial charge in [0.25, 0.3) is 5.91 Å². The molecule has 2 aromatic carbocycles. The van der Waals surface area contributed by atoms with Crippen LogP contribution in [-0.4, -0.2) is 43.0 Å². The van der Waals surface area contributed by atoms with E-state index >= 15 is 0 Å². The maximum absolute atomic E-state index is 13.0. The molecule has 150 valence electrons. The molecule has 2 heterocycles. The van der Waals surface area contributed by atoms with Gasteiger partial charge in [-0.15, -0.1) is 0 Å². The van der Waals surface area contributed by atoms with Gasteiger partial charge in [-0.05, 0) is 31.0 Å². The van der Waals surface area contributed by atoms with Gasteiger partial charge in [-0.25, -0.2) is 0 Å². The number of hydrogen-bond acceptors (Lipinski definition) is 4. The number of ether oxygens (including phenoxy) is 1. The molecule has 3 aromatic rings. The predicted molar refractivity (Wildman–Crippen MR) is 111 cm³/mol. The van der Waals surface area contributed by atoms with Gasteiger partial charge in [0.2, 0.25) is 11.7 Å². The van der Waals surface area contributed by atoms with Crippen molar-refractivity contribution in [2.45, 2.75) is 19.8 Å². The zero-order chi connectivity index (χ0) is 20.2. The molecule has 29 heavy (non-hydrogen) atoms. The first-order valence-corrected chi connectivity index (χ1v) is 9.86. The van der Waals surface area contributed by atoms with E-state index in [0.29, 0.717) is 50.4 Å². The van der Waals surface area contributed by atoms with Crippen LogP contribution in [0.3, 0.4) is 0 Å². The van der Waals surface area contributed by atoms with Gasteiger partial charge in [-0.2, -0.15) is 0 Å². The van der Waals surface area contributed by atoms with Crippen LogP contribution >= 0.6 is 0 Å². The zero-order valence-electron chi connectivity index (χ0n) is 16.4. The molecule has 1 aliphatic rings. The van der Waals surface area contributed by atoms with Crippen LogP contribution in [0.2, 0.25) is 0 Å². The first-order chi connectivity index (χ1) is 14.1. The van der Waals surface area contributed by atoms with Crippen molar-refractivity contribution >= 4 is 28.5 Å². The van der Waals surface area contributed by atoms with Crippen LogP contribution in [0.4, 0.5) is 5.69 Å². The predicted octanol–water partition coefficient (Wildman–Crippen LogP) is 3.78. The van der Waals surface area contributed by atoms with Crippen LogP contribution in [0.1, 0.15) is 28.1 Å². The Labute approximate surface area is 169 Å². The molecule has 0 atom stereocenters. The first kappa shape index (κ1) is 19.2. The number of aryl methyl sites for hydroxylation is 2. The Bertz CT molecular complexity index is 1020. The number of amides is 2. The molecule has 0 saturated carbocycles. The highest BCUT2D eigenvalue weighted by Gasteiger charge is 2.27. The van der Waals surface area contributed by atoms with Crippen LogP contribution in [-0.2, 0) is 16.0 Å². The molecule has 0 aliphatic carbocycles. The fraction of sp³-hybridized carbons (Fsp3) is 0.304. The minimum Gasteiger partial charge on any atom is -0.449 e. The number of benzene rings is 2. The van der Waals surface area contributed by atoms with Gasteiger partial charge < -0.3 is 19.4 Å². The van der Waals surface area contributed by atoms with E-state index in [-0.39, 0.29) is 17.6 Å². The molecule has 6 nitrogen and oxygen atoms in total. The number of nitrogens with one attached hydrogen (secondary N) is 1. The summed E-state index contributed by atoms with van der Waals surface area (Å²) in [4.78, 5) is 27.4. The molecule has 1 fully saturated rings. The van der Waals surface area contributed by atoms with Crippen molar-refractivity contribution in [1.82, 2.24) is 4.90 Å². The fourth-order valence-electron chi connectivity index (χ4n) is 3.44. The Morgan fingerprint density at radius 2 is 1.76 bits per heavy atom. The lowest BCUT2D eigenvalue weighted by Crippen LogP contribution is -2.40. The van der Waals surface area contributed by atoms with E-state index in [1.807, 2.05) is 49.4 Å². The Morgan fingerprint density at radius 3 is 2.52 bits per heavy atom. The van der Waals surface area contributed by atoms with E-state index in [9.17, 15) is 9.59 Å². The smallest absolute Gasteiger partial charge is 0.291 e. The minimum absolute atomic E-state index is 0.145. The van der Waals surface area contributed by atoms with E-state index in [1.54, 1.807) is 11.0 Å². The number of furan rings is 1. The fourth-order valence-corrected chi connectivity index (χ4v) is 3.44. The van der Waals surface area contributed by atoms with Gasteiger partial charge >= 0.3 is 0 Å². The van der Waals surface area contributed by atoms with Crippen molar-refractivity contribution in [3.05, 3.63) is 65.4 Å². The number of rotatable bonds is 5. The highest BCUT2D eigenvalue weighted by atomic mass is 16.5. The Hall–Kier alpha value is -3.12. The summed E-state index contributed by atoms with van der Waals surface area (Å²) in [7, 11) is 0. The van der Waals surface area contributed by atoms with E-state index in [0.717, 1.165) is 10.9 Å². The van der Waals surface area contributed by atoms with E-state index in [4.69, 9.17) is 9.15 Å². The lowest BCUT2D eigenvalue weighted by molar-refractivity contribution is -0.116.